The summed E-state index contributed by atoms with van der Waals surface area (Å²) >= 11 is 0. The smallest absolute Gasteiger partial charge is 0.221 e. The van der Waals surface area contributed by atoms with Crippen LogP contribution in [0.15, 0.2) is 0 Å². The Hall–Kier alpha value is -0.610. The molecule has 4 nitrogen and oxygen atoms in total. The van der Waals surface area contributed by atoms with Gasteiger partial charge in [0.2, 0.25) is 5.91 Å². The van der Waals surface area contributed by atoms with Gasteiger partial charge in [0, 0.05) is 25.6 Å². The maximum absolute atomic E-state index is 10.9. The summed E-state index contributed by atoms with van der Waals surface area (Å²) in [4.78, 5) is 13.3. The average Bonchev–Trinajstić information content (AvgIpc) is 2.63. The fourth-order valence-corrected chi connectivity index (χ4v) is 2.58. The molecule has 80 valence electrons. The van der Waals surface area contributed by atoms with Gasteiger partial charge in [-0.2, -0.15) is 0 Å². The Kier molecular flexibility index (Phi) is 2.74. The van der Waals surface area contributed by atoms with Crippen molar-refractivity contribution in [2.45, 2.75) is 6.92 Å². The highest BCUT2D eigenvalue weighted by Crippen LogP contribution is 2.26. The first kappa shape index (κ1) is 9.93. The molecule has 14 heavy (non-hydrogen) atoms. The van der Waals surface area contributed by atoms with E-state index in [9.17, 15) is 4.79 Å². The number of nitrogens with two attached hydrogens (primary N) is 1. The zero-order valence-electron chi connectivity index (χ0n) is 8.70. The molecular formula is C10H19N3O. The molecule has 2 fully saturated rings. The van der Waals surface area contributed by atoms with Crippen molar-refractivity contribution in [2.75, 3.05) is 32.7 Å². The number of fused-ring (bicyclic) bond motifs is 1. The molecule has 3 unspecified atom stereocenters. The second kappa shape index (κ2) is 3.87. The monoisotopic (exact) mass is 197 g/mol. The van der Waals surface area contributed by atoms with Crippen LogP contribution in [0.1, 0.15) is 6.92 Å². The van der Waals surface area contributed by atoms with Crippen LogP contribution in [0.3, 0.4) is 0 Å². The maximum Gasteiger partial charge on any atom is 0.221 e. The standard InChI is InChI=1S/C10H19N3O/c1-7(10(11)14)4-13-5-8-2-12-3-9(8)6-13/h7-9,12H,2-6H2,1H3,(H2,11,14). The van der Waals surface area contributed by atoms with Gasteiger partial charge in [0.15, 0.2) is 0 Å². The van der Waals surface area contributed by atoms with Crippen LogP contribution in [0, 0.1) is 17.8 Å². The number of hydrogen-bond acceptors (Lipinski definition) is 3. The summed E-state index contributed by atoms with van der Waals surface area (Å²) in [7, 11) is 0. The molecule has 2 rings (SSSR count). The van der Waals surface area contributed by atoms with Crippen molar-refractivity contribution in [1.82, 2.24) is 10.2 Å². The van der Waals surface area contributed by atoms with Gasteiger partial charge in [-0.3, -0.25) is 4.79 Å². The molecule has 2 heterocycles. The molecule has 0 aromatic rings. The summed E-state index contributed by atoms with van der Waals surface area (Å²) < 4.78 is 0. The predicted octanol–water partition coefficient (Wildman–Crippen LogP) is -0.741. The first-order valence-corrected chi connectivity index (χ1v) is 5.39. The van der Waals surface area contributed by atoms with Crippen molar-refractivity contribution in [3.8, 4) is 0 Å². The van der Waals surface area contributed by atoms with E-state index in [2.05, 4.69) is 10.2 Å². The summed E-state index contributed by atoms with van der Waals surface area (Å²) in [5, 5.41) is 3.40. The number of carbonyl (C=O) groups is 1. The molecular weight excluding hydrogens is 178 g/mol. The van der Waals surface area contributed by atoms with Crippen LogP contribution in [-0.4, -0.2) is 43.5 Å². The third kappa shape index (κ3) is 1.91. The van der Waals surface area contributed by atoms with Crippen molar-refractivity contribution in [2.24, 2.45) is 23.5 Å². The predicted molar refractivity (Wildman–Crippen MR) is 54.6 cm³/mol. The molecule has 2 aliphatic heterocycles. The van der Waals surface area contributed by atoms with E-state index in [0.29, 0.717) is 0 Å². The summed E-state index contributed by atoms with van der Waals surface area (Å²) in [6.07, 6.45) is 0. The van der Waals surface area contributed by atoms with Crippen molar-refractivity contribution in [3.63, 3.8) is 0 Å². The van der Waals surface area contributed by atoms with E-state index in [1.807, 2.05) is 6.92 Å². The zero-order chi connectivity index (χ0) is 10.1. The quantitative estimate of drug-likeness (QED) is 0.626. The minimum Gasteiger partial charge on any atom is -0.369 e. The normalized spacial score (nSPS) is 34.4. The molecule has 3 N–H and O–H groups in total. The summed E-state index contributed by atoms with van der Waals surface area (Å²) in [5.74, 6) is 1.41. The second-order valence-corrected chi connectivity index (χ2v) is 4.70. The van der Waals surface area contributed by atoms with Gasteiger partial charge in [-0.25, -0.2) is 0 Å². The van der Waals surface area contributed by atoms with Gasteiger partial charge in [-0.05, 0) is 24.9 Å². The van der Waals surface area contributed by atoms with Crippen LogP contribution in [0.4, 0.5) is 0 Å². The lowest BCUT2D eigenvalue weighted by molar-refractivity contribution is -0.121. The number of rotatable bonds is 3. The number of likely N-dealkylation sites (tertiary alicyclic amines) is 1. The van der Waals surface area contributed by atoms with Gasteiger partial charge in [-0.15, -0.1) is 0 Å². The highest BCUT2D eigenvalue weighted by molar-refractivity contribution is 5.76. The van der Waals surface area contributed by atoms with E-state index in [1.165, 1.54) is 0 Å². The first-order valence-electron chi connectivity index (χ1n) is 5.39. The Labute approximate surface area is 84.8 Å². The second-order valence-electron chi connectivity index (χ2n) is 4.70. The first-order chi connectivity index (χ1) is 6.66. The Bertz CT molecular complexity index is 219. The van der Waals surface area contributed by atoms with Crippen LogP contribution < -0.4 is 11.1 Å². The van der Waals surface area contributed by atoms with Crippen molar-refractivity contribution in [3.05, 3.63) is 0 Å². The molecule has 0 spiro atoms. The molecule has 0 aliphatic carbocycles. The molecule has 0 saturated carbocycles. The van der Waals surface area contributed by atoms with Gasteiger partial charge in [0.25, 0.3) is 0 Å². The number of primary amides is 1. The van der Waals surface area contributed by atoms with Gasteiger partial charge in [-0.1, -0.05) is 6.92 Å². The van der Waals surface area contributed by atoms with E-state index in [4.69, 9.17) is 5.73 Å². The number of amides is 1. The van der Waals surface area contributed by atoms with E-state index in [-0.39, 0.29) is 11.8 Å². The topological polar surface area (TPSA) is 58.4 Å². The van der Waals surface area contributed by atoms with Crippen LogP contribution in [-0.2, 0) is 4.79 Å². The molecule has 0 aromatic carbocycles. The van der Waals surface area contributed by atoms with Crippen LogP contribution >= 0.6 is 0 Å². The molecule has 0 bridgehead atoms. The van der Waals surface area contributed by atoms with E-state index >= 15 is 0 Å². The molecule has 2 saturated heterocycles. The third-order valence-electron chi connectivity index (χ3n) is 3.48. The Balaban J connectivity index is 1.81. The number of nitrogens with one attached hydrogen (secondary N) is 1. The molecule has 4 heteroatoms. The summed E-state index contributed by atoms with van der Waals surface area (Å²) in [6.45, 7) is 7.31. The molecule has 0 radical (unpaired) electrons. The summed E-state index contributed by atoms with van der Waals surface area (Å²) in [6, 6.07) is 0. The summed E-state index contributed by atoms with van der Waals surface area (Å²) in [5.41, 5.74) is 5.25. The Morgan fingerprint density at radius 1 is 1.50 bits per heavy atom. The molecule has 0 aromatic heterocycles. The number of carbonyl (C=O) groups excluding carboxylic acids is 1. The number of hydrogen-bond donors (Lipinski definition) is 2. The van der Waals surface area contributed by atoms with Crippen molar-refractivity contribution < 1.29 is 4.79 Å². The molecule has 1 amide bonds. The highest BCUT2D eigenvalue weighted by Gasteiger charge is 2.36. The van der Waals surface area contributed by atoms with Crippen molar-refractivity contribution in [1.29, 1.82) is 0 Å². The minimum atomic E-state index is -0.180. The van der Waals surface area contributed by atoms with Gasteiger partial charge in [0.05, 0.1) is 0 Å². The van der Waals surface area contributed by atoms with Gasteiger partial charge >= 0.3 is 0 Å². The van der Waals surface area contributed by atoms with E-state index < -0.39 is 0 Å². The fraction of sp³-hybridized carbons (Fsp3) is 0.900. The molecule has 2 aliphatic rings. The van der Waals surface area contributed by atoms with Crippen LogP contribution in [0.5, 0.6) is 0 Å². The Morgan fingerprint density at radius 3 is 2.57 bits per heavy atom. The highest BCUT2D eigenvalue weighted by atomic mass is 16.1. The lowest BCUT2D eigenvalue weighted by Crippen LogP contribution is -2.35. The van der Waals surface area contributed by atoms with Crippen LogP contribution in [0.2, 0.25) is 0 Å². The third-order valence-corrected chi connectivity index (χ3v) is 3.48. The molecule has 3 atom stereocenters. The number of nitrogens with zero attached hydrogens (tertiary/aromatic N) is 1. The maximum atomic E-state index is 10.9. The van der Waals surface area contributed by atoms with Gasteiger partial charge in [0.1, 0.15) is 0 Å². The fourth-order valence-electron chi connectivity index (χ4n) is 2.58. The lowest BCUT2D eigenvalue weighted by atomic mass is 10.0. The minimum absolute atomic E-state index is 0.0122. The van der Waals surface area contributed by atoms with Gasteiger partial charge < -0.3 is 16.0 Å². The lowest BCUT2D eigenvalue weighted by Gasteiger charge is -2.19. The SMILES string of the molecule is CC(CN1CC2CNCC2C1)C(N)=O. The van der Waals surface area contributed by atoms with Crippen molar-refractivity contribution >= 4 is 5.91 Å². The van der Waals surface area contributed by atoms with E-state index in [0.717, 1.165) is 44.6 Å². The largest absolute Gasteiger partial charge is 0.369 e. The van der Waals surface area contributed by atoms with E-state index in [1.54, 1.807) is 0 Å². The average molecular weight is 197 g/mol. The van der Waals surface area contributed by atoms with Crippen LogP contribution in [0.25, 0.3) is 0 Å². The Morgan fingerprint density at radius 2 is 2.07 bits per heavy atom. The zero-order valence-corrected chi connectivity index (χ0v) is 8.70.